The van der Waals surface area contributed by atoms with Gasteiger partial charge in [0.05, 0.1) is 0 Å². The van der Waals surface area contributed by atoms with E-state index in [2.05, 4.69) is 24.5 Å². The Hall–Kier alpha value is -1.62. The van der Waals surface area contributed by atoms with Crippen molar-refractivity contribution in [2.45, 2.75) is 57.9 Å². The van der Waals surface area contributed by atoms with Crippen molar-refractivity contribution >= 4 is 34.6 Å². The quantitative estimate of drug-likeness (QED) is 0.808. The molecule has 2 aliphatic rings. The number of benzene rings is 1. The first-order valence-electron chi connectivity index (χ1n) is 9.00. The third kappa shape index (κ3) is 3.56. The Morgan fingerprint density at radius 3 is 2.62 bits per heavy atom. The molecular weight excluding hydrogens is 318 g/mol. The Bertz CT molecular complexity index is 623. The van der Waals surface area contributed by atoms with E-state index in [9.17, 15) is 4.79 Å². The molecule has 0 aromatic heterocycles. The van der Waals surface area contributed by atoms with Gasteiger partial charge in [0.25, 0.3) is 0 Å². The highest BCUT2D eigenvalue weighted by Gasteiger charge is 2.37. The molecule has 0 atom stereocenters. The van der Waals surface area contributed by atoms with Crippen LogP contribution in [0.5, 0.6) is 0 Å². The second-order valence-corrected chi connectivity index (χ2v) is 7.70. The molecule has 1 amide bonds. The second kappa shape index (κ2) is 7.09. The molecule has 1 aliphatic carbocycles. The molecule has 1 heterocycles. The van der Waals surface area contributed by atoms with Crippen LogP contribution in [0, 0.1) is 5.92 Å². The summed E-state index contributed by atoms with van der Waals surface area (Å²) in [6.07, 6.45) is 6.46. The van der Waals surface area contributed by atoms with Crippen molar-refractivity contribution in [3.8, 4) is 0 Å². The van der Waals surface area contributed by atoms with Crippen molar-refractivity contribution in [1.29, 1.82) is 0 Å². The average molecular weight is 346 g/mol. The molecule has 3 rings (SSSR count). The Morgan fingerprint density at radius 1 is 1.25 bits per heavy atom. The van der Waals surface area contributed by atoms with Gasteiger partial charge in [-0.25, -0.2) is 0 Å². The summed E-state index contributed by atoms with van der Waals surface area (Å²) < 4.78 is 0. The zero-order valence-electron chi connectivity index (χ0n) is 14.6. The zero-order valence-corrected chi connectivity index (χ0v) is 15.4. The minimum Gasteiger partial charge on any atom is -0.357 e. The molecular formula is C19H27N3OS. The van der Waals surface area contributed by atoms with Crippen molar-refractivity contribution in [2.75, 3.05) is 16.8 Å². The van der Waals surface area contributed by atoms with Gasteiger partial charge in [0.2, 0.25) is 5.91 Å². The molecule has 1 aliphatic heterocycles. The van der Waals surface area contributed by atoms with Gasteiger partial charge in [-0.3, -0.25) is 4.79 Å². The van der Waals surface area contributed by atoms with Crippen molar-refractivity contribution in [3.05, 3.63) is 24.3 Å². The molecule has 0 spiro atoms. The largest absolute Gasteiger partial charge is 0.357 e. The monoisotopic (exact) mass is 345 g/mol. The van der Waals surface area contributed by atoms with E-state index in [4.69, 9.17) is 12.2 Å². The number of hydrogen-bond donors (Lipinski definition) is 2. The Morgan fingerprint density at radius 2 is 2.00 bits per heavy atom. The van der Waals surface area contributed by atoms with Gasteiger partial charge < -0.3 is 15.5 Å². The van der Waals surface area contributed by atoms with Crippen molar-refractivity contribution in [3.63, 3.8) is 0 Å². The van der Waals surface area contributed by atoms with E-state index in [1.165, 1.54) is 25.7 Å². The second-order valence-electron chi connectivity index (χ2n) is 7.30. The summed E-state index contributed by atoms with van der Waals surface area (Å²) in [5.74, 6) is 0.755. The molecule has 1 saturated heterocycles. The first-order chi connectivity index (χ1) is 11.5. The first-order valence-corrected chi connectivity index (χ1v) is 9.41. The summed E-state index contributed by atoms with van der Waals surface area (Å²) in [7, 11) is 0. The lowest BCUT2D eigenvalue weighted by atomic mass is 9.85. The van der Waals surface area contributed by atoms with Crippen LogP contribution in [0.25, 0.3) is 0 Å². The summed E-state index contributed by atoms with van der Waals surface area (Å²) in [4.78, 5) is 13.8. The molecule has 5 heteroatoms. The normalized spacial score (nSPS) is 19.8. The number of nitrogens with one attached hydrogen (secondary N) is 2. The number of carbonyl (C=O) groups is 1. The van der Waals surface area contributed by atoms with Gasteiger partial charge in [0.1, 0.15) is 0 Å². The molecule has 130 valence electrons. The minimum atomic E-state index is 0.118. The minimum absolute atomic E-state index is 0.118. The van der Waals surface area contributed by atoms with Crippen LogP contribution in [0.2, 0.25) is 0 Å². The number of amides is 1. The number of hydrogen-bond acceptors (Lipinski definition) is 2. The number of nitrogens with zero attached hydrogens (tertiary/aromatic N) is 1. The lowest BCUT2D eigenvalue weighted by Gasteiger charge is -2.36. The van der Waals surface area contributed by atoms with Crippen molar-refractivity contribution in [1.82, 2.24) is 5.32 Å². The third-order valence-corrected chi connectivity index (χ3v) is 5.66. The summed E-state index contributed by atoms with van der Waals surface area (Å²) in [6.45, 7) is 5.34. The van der Waals surface area contributed by atoms with Crippen LogP contribution in [0.3, 0.4) is 0 Å². The maximum Gasteiger partial charge on any atom is 0.227 e. The predicted octanol–water partition coefficient (Wildman–Crippen LogP) is 4.07. The number of rotatable bonds is 4. The van der Waals surface area contributed by atoms with E-state index in [-0.39, 0.29) is 11.4 Å². The highest BCUT2D eigenvalue weighted by atomic mass is 32.1. The van der Waals surface area contributed by atoms with Crippen LogP contribution >= 0.6 is 12.2 Å². The SMILES string of the molecule is CC(C)C1(NC(=S)Nc2cccc(N3CCCC3=O)c2)CCCC1. The average Bonchev–Trinajstić information content (AvgIpc) is 3.17. The summed E-state index contributed by atoms with van der Waals surface area (Å²) in [5.41, 5.74) is 2.00. The molecule has 2 fully saturated rings. The summed E-state index contributed by atoms with van der Waals surface area (Å²) >= 11 is 5.56. The predicted molar refractivity (Wildman–Crippen MR) is 103 cm³/mol. The van der Waals surface area contributed by atoms with Crippen LogP contribution in [-0.2, 0) is 4.79 Å². The van der Waals surface area contributed by atoms with Gasteiger partial charge in [0.15, 0.2) is 5.11 Å². The van der Waals surface area contributed by atoms with E-state index in [0.717, 1.165) is 24.3 Å². The maximum absolute atomic E-state index is 11.9. The fourth-order valence-electron chi connectivity index (χ4n) is 3.91. The van der Waals surface area contributed by atoms with E-state index in [1.807, 2.05) is 29.2 Å². The number of carbonyl (C=O) groups excluding carboxylic acids is 1. The summed E-state index contributed by atoms with van der Waals surface area (Å²) in [6, 6.07) is 7.96. The third-order valence-electron chi connectivity index (χ3n) is 5.45. The highest BCUT2D eigenvalue weighted by molar-refractivity contribution is 7.80. The standard InChI is InChI=1S/C19H27N3OS/c1-14(2)19(10-3-4-11-19)21-18(24)20-15-7-5-8-16(13-15)22-12-6-9-17(22)23/h5,7-8,13-14H,3-4,6,9-12H2,1-2H3,(H2,20,21,24). The lowest BCUT2D eigenvalue weighted by molar-refractivity contribution is -0.117. The van der Waals surface area contributed by atoms with Gasteiger partial charge in [-0.2, -0.15) is 0 Å². The van der Waals surface area contributed by atoms with Gasteiger partial charge in [0, 0.05) is 29.9 Å². The van der Waals surface area contributed by atoms with Crippen molar-refractivity contribution < 1.29 is 4.79 Å². The van der Waals surface area contributed by atoms with Crippen LogP contribution < -0.4 is 15.5 Å². The zero-order chi connectivity index (χ0) is 17.2. The van der Waals surface area contributed by atoms with Crippen LogP contribution in [-0.4, -0.2) is 23.1 Å². The smallest absolute Gasteiger partial charge is 0.227 e. The molecule has 1 saturated carbocycles. The molecule has 0 radical (unpaired) electrons. The van der Waals surface area contributed by atoms with E-state index in [0.29, 0.717) is 17.5 Å². The maximum atomic E-state index is 11.9. The van der Waals surface area contributed by atoms with Gasteiger partial charge in [-0.05, 0) is 55.6 Å². The molecule has 1 aromatic carbocycles. The van der Waals surface area contributed by atoms with Gasteiger partial charge in [-0.15, -0.1) is 0 Å². The molecule has 4 nitrogen and oxygen atoms in total. The molecule has 0 bridgehead atoms. The molecule has 1 aromatic rings. The van der Waals surface area contributed by atoms with Gasteiger partial charge in [-0.1, -0.05) is 32.8 Å². The van der Waals surface area contributed by atoms with Crippen LogP contribution in [0.4, 0.5) is 11.4 Å². The Balaban J connectivity index is 1.67. The summed E-state index contributed by atoms with van der Waals surface area (Å²) in [5, 5.41) is 7.56. The molecule has 24 heavy (non-hydrogen) atoms. The van der Waals surface area contributed by atoms with E-state index in [1.54, 1.807) is 0 Å². The number of anilines is 2. The lowest BCUT2D eigenvalue weighted by Crippen LogP contribution is -2.51. The Labute approximate surface area is 150 Å². The van der Waals surface area contributed by atoms with Gasteiger partial charge >= 0.3 is 0 Å². The van der Waals surface area contributed by atoms with Crippen LogP contribution in [0.1, 0.15) is 52.4 Å². The van der Waals surface area contributed by atoms with E-state index < -0.39 is 0 Å². The Kier molecular flexibility index (Phi) is 5.09. The first kappa shape index (κ1) is 17.2. The highest BCUT2D eigenvalue weighted by Crippen LogP contribution is 2.36. The fraction of sp³-hybridized carbons (Fsp3) is 0.579. The van der Waals surface area contributed by atoms with Crippen molar-refractivity contribution in [2.24, 2.45) is 5.92 Å². The topological polar surface area (TPSA) is 44.4 Å². The molecule has 2 N–H and O–H groups in total. The fourth-order valence-corrected chi connectivity index (χ4v) is 4.23. The van der Waals surface area contributed by atoms with E-state index >= 15 is 0 Å². The van der Waals surface area contributed by atoms with Crippen LogP contribution in [0.15, 0.2) is 24.3 Å². The number of thiocarbonyl (C=S) groups is 1. The molecule has 0 unspecified atom stereocenters.